The lowest BCUT2D eigenvalue weighted by molar-refractivity contribution is 0.0735. The number of piperazine rings is 1. The van der Waals surface area contributed by atoms with Gasteiger partial charge >= 0.3 is 0 Å². The Hall–Kier alpha value is -1.72. The number of nitrogens with zero attached hydrogens (tertiary/aromatic N) is 1. The summed E-state index contributed by atoms with van der Waals surface area (Å²) < 4.78 is 32.1. The molecule has 1 N–H and O–H groups in total. The normalized spacial score (nSPS) is 17.6. The quantitative estimate of drug-likeness (QED) is 0.913. The van der Waals surface area contributed by atoms with E-state index in [1.54, 1.807) is 7.11 Å². The second-order valence-electron chi connectivity index (χ2n) is 5.83. The van der Waals surface area contributed by atoms with Gasteiger partial charge in [0.2, 0.25) is 6.43 Å². The van der Waals surface area contributed by atoms with Gasteiger partial charge in [-0.15, -0.1) is 0 Å². The molecule has 2 aromatic rings. The summed E-state index contributed by atoms with van der Waals surface area (Å²) in [6.45, 7) is 3.19. The first kappa shape index (κ1) is 16.1. The van der Waals surface area contributed by atoms with Crippen LogP contribution in [0.3, 0.4) is 0 Å². The minimum absolute atomic E-state index is 0.176. The number of halogens is 2. The second-order valence-corrected chi connectivity index (χ2v) is 5.83. The summed E-state index contributed by atoms with van der Waals surface area (Å²) in [4.78, 5) is 2.15. The van der Waals surface area contributed by atoms with E-state index in [0.29, 0.717) is 5.75 Å². The highest BCUT2D eigenvalue weighted by atomic mass is 19.3. The van der Waals surface area contributed by atoms with Crippen molar-refractivity contribution in [1.82, 2.24) is 10.2 Å². The number of benzene rings is 2. The zero-order chi connectivity index (χ0) is 16.2. The van der Waals surface area contributed by atoms with Crippen molar-refractivity contribution in [2.24, 2.45) is 0 Å². The molecule has 5 heteroatoms. The minimum atomic E-state index is -2.35. The van der Waals surface area contributed by atoms with Crippen LogP contribution in [0.5, 0.6) is 5.75 Å². The van der Waals surface area contributed by atoms with Gasteiger partial charge in [-0.25, -0.2) is 8.78 Å². The SMILES string of the molecule is COc1ccc2ccccc2c1[C@@H](CC(F)F)N1CCNCC1. The third kappa shape index (κ3) is 3.46. The van der Waals surface area contributed by atoms with Crippen LogP contribution in [0.4, 0.5) is 8.78 Å². The number of nitrogens with one attached hydrogen (secondary N) is 1. The van der Waals surface area contributed by atoms with Gasteiger partial charge in [0.05, 0.1) is 7.11 Å². The van der Waals surface area contributed by atoms with Gasteiger partial charge in [0.15, 0.2) is 0 Å². The fourth-order valence-electron chi connectivity index (χ4n) is 3.41. The molecule has 0 amide bonds. The molecule has 2 aromatic carbocycles. The first-order valence-corrected chi connectivity index (χ1v) is 7.99. The van der Waals surface area contributed by atoms with Crippen LogP contribution in [0.1, 0.15) is 18.0 Å². The number of alkyl halides is 2. The monoisotopic (exact) mass is 320 g/mol. The molecule has 23 heavy (non-hydrogen) atoms. The number of hydrogen-bond donors (Lipinski definition) is 1. The van der Waals surface area contributed by atoms with Crippen LogP contribution in [-0.2, 0) is 0 Å². The van der Waals surface area contributed by atoms with Gasteiger partial charge in [0, 0.05) is 44.2 Å². The molecule has 0 saturated carbocycles. The number of fused-ring (bicyclic) bond motifs is 1. The highest BCUT2D eigenvalue weighted by molar-refractivity contribution is 5.88. The third-order valence-corrected chi connectivity index (χ3v) is 4.48. The van der Waals surface area contributed by atoms with E-state index < -0.39 is 6.43 Å². The Kier molecular flexibility index (Phi) is 5.08. The van der Waals surface area contributed by atoms with Gasteiger partial charge in [-0.1, -0.05) is 30.3 Å². The predicted octanol–water partition coefficient (Wildman–Crippen LogP) is 3.45. The first-order valence-electron chi connectivity index (χ1n) is 7.99. The lowest BCUT2D eigenvalue weighted by Gasteiger charge is -2.36. The molecule has 1 fully saturated rings. The van der Waals surface area contributed by atoms with Crippen molar-refractivity contribution in [2.75, 3.05) is 33.3 Å². The number of ether oxygens (including phenoxy) is 1. The fraction of sp³-hybridized carbons (Fsp3) is 0.444. The Labute approximate surface area is 135 Å². The smallest absolute Gasteiger partial charge is 0.240 e. The summed E-state index contributed by atoms with van der Waals surface area (Å²) in [5, 5.41) is 5.33. The molecular weight excluding hydrogens is 298 g/mol. The summed E-state index contributed by atoms with van der Waals surface area (Å²) in [5.74, 6) is 0.688. The van der Waals surface area contributed by atoms with Gasteiger partial charge in [-0.2, -0.15) is 0 Å². The Morgan fingerprint density at radius 2 is 1.87 bits per heavy atom. The van der Waals surface area contributed by atoms with Gasteiger partial charge in [-0.05, 0) is 16.8 Å². The van der Waals surface area contributed by atoms with E-state index in [1.165, 1.54) is 0 Å². The molecule has 0 spiro atoms. The molecular formula is C18H22F2N2O. The minimum Gasteiger partial charge on any atom is -0.496 e. The second kappa shape index (κ2) is 7.23. The van der Waals surface area contributed by atoms with Crippen LogP contribution in [0.2, 0.25) is 0 Å². The average molecular weight is 320 g/mol. The van der Waals surface area contributed by atoms with Crippen LogP contribution in [-0.4, -0.2) is 44.6 Å². The fourth-order valence-corrected chi connectivity index (χ4v) is 3.41. The molecule has 1 atom stereocenters. The summed E-state index contributed by atoms with van der Waals surface area (Å²) in [6.07, 6.45) is -2.52. The van der Waals surface area contributed by atoms with Crippen molar-refractivity contribution < 1.29 is 13.5 Å². The topological polar surface area (TPSA) is 24.5 Å². The summed E-state index contributed by atoms with van der Waals surface area (Å²) >= 11 is 0. The van der Waals surface area contributed by atoms with Crippen molar-refractivity contribution in [1.29, 1.82) is 0 Å². The van der Waals surface area contributed by atoms with Gasteiger partial charge in [0.25, 0.3) is 0 Å². The molecule has 0 unspecified atom stereocenters. The molecule has 1 saturated heterocycles. The standard InChI is InChI=1S/C18H22F2N2O/c1-23-16-7-6-13-4-2-3-5-14(13)18(16)15(12-17(19)20)22-10-8-21-9-11-22/h2-7,15,17,21H,8-12H2,1H3/t15-/m1/s1. The highest BCUT2D eigenvalue weighted by Crippen LogP contribution is 2.39. The maximum absolute atomic E-state index is 13.3. The van der Waals surface area contributed by atoms with Crippen LogP contribution < -0.4 is 10.1 Å². The van der Waals surface area contributed by atoms with Crippen molar-refractivity contribution >= 4 is 10.8 Å². The average Bonchev–Trinajstić information content (AvgIpc) is 2.59. The molecule has 3 rings (SSSR count). The van der Waals surface area contributed by atoms with Gasteiger partial charge in [0.1, 0.15) is 5.75 Å². The molecule has 1 aliphatic heterocycles. The lowest BCUT2D eigenvalue weighted by atomic mass is 9.94. The maximum Gasteiger partial charge on any atom is 0.240 e. The van der Waals surface area contributed by atoms with E-state index in [-0.39, 0.29) is 12.5 Å². The molecule has 0 aromatic heterocycles. The number of rotatable bonds is 5. The van der Waals surface area contributed by atoms with Crippen molar-refractivity contribution in [3.8, 4) is 5.75 Å². The Balaban J connectivity index is 2.11. The number of hydrogen-bond acceptors (Lipinski definition) is 3. The Morgan fingerprint density at radius 1 is 1.13 bits per heavy atom. The first-order chi connectivity index (χ1) is 11.2. The Morgan fingerprint density at radius 3 is 2.57 bits per heavy atom. The summed E-state index contributed by atoms with van der Waals surface area (Å²) in [7, 11) is 1.60. The van der Waals surface area contributed by atoms with Crippen LogP contribution in [0, 0.1) is 0 Å². The Bertz CT molecular complexity index is 657. The largest absolute Gasteiger partial charge is 0.496 e. The maximum atomic E-state index is 13.3. The third-order valence-electron chi connectivity index (χ3n) is 4.48. The van der Waals surface area contributed by atoms with E-state index >= 15 is 0 Å². The molecule has 0 bridgehead atoms. The predicted molar refractivity (Wildman–Crippen MR) is 88.3 cm³/mol. The van der Waals surface area contributed by atoms with E-state index in [9.17, 15) is 8.78 Å². The lowest BCUT2D eigenvalue weighted by Crippen LogP contribution is -2.45. The van der Waals surface area contributed by atoms with E-state index in [2.05, 4.69) is 10.2 Å². The van der Waals surface area contributed by atoms with E-state index in [1.807, 2.05) is 36.4 Å². The van der Waals surface area contributed by atoms with Crippen molar-refractivity contribution in [3.05, 3.63) is 42.0 Å². The summed E-state index contributed by atoms with van der Waals surface area (Å²) in [5.41, 5.74) is 0.882. The van der Waals surface area contributed by atoms with E-state index in [0.717, 1.165) is 42.5 Å². The summed E-state index contributed by atoms with van der Waals surface area (Å²) in [6, 6.07) is 11.4. The van der Waals surface area contributed by atoms with E-state index in [4.69, 9.17) is 4.74 Å². The zero-order valence-electron chi connectivity index (χ0n) is 13.3. The molecule has 3 nitrogen and oxygen atoms in total. The van der Waals surface area contributed by atoms with Crippen LogP contribution in [0.15, 0.2) is 36.4 Å². The molecule has 0 radical (unpaired) electrons. The van der Waals surface area contributed by atoms with Crippen molar-refractivity contribution in [3.63, 3.8) is 0 Å². The van der Waals surface area contributed by atoms with Gasteiger partial charge < -0.3 is 10.1 Å². The van der Waals surface area contributed by atoms with Gasteiger partial charge in [-0.3, -0.25) is 4.90 Å². The zero-order valence-corrected chi connectivity index (χ0v) is 13.3. The molecule has 0 aliphatic carbocycles. The molecule has 1 heterocycles. The molecule has 124 valence electrons. The number of methoxy groups -OCH3 is 1. The van der Waals surface area contributed by atoms with Crippen LogP contribution in [0.25, 0.3) is 10.8 Å². The van der Waals surface area contributed by atoms with Crippen molar-refractivity contribution in [2.45, 2.75) is 18.9 Å². The highest BCUT2D eigenvalue weighted by Gasteiger charge is 2.29. The molecule has 1 aliphatic rings. The van der Waals surface area contributed by atoms with Crippen LogP contribution >= 0.6 is 0 Å².